The summed E-state index contributed by atoms with van der Waals surface area (Å²) in [5.74, 6) is 2.60. The fourth-order valence-corrected chi connectivity index (χ4v) is 5.48. The Kier molecular flexibility index (Phi) is 6.52. The summed E-state index contributed by atoms with van der Waals surface area (Å²) in [5.41, 5.74) is 0.169. The molecule has 2 aliphatic heterocycles. The van der Waals surface area contributed by atoms with Crippen LogP contribution in [-0.4, -0.2) is 72.2 Å². The van der Waals surface area contributed by atoms with Crippen LogP contribution in [0, 0.1) is 11.3 Å². The second-order valence-corrected chi connectivity index (χ2v) is 8.79. The first-order valence-electron chi connectivity index (χ1n) is 9.72. The van der Waals surface area contributed by atoms with Gasteiger partial charge in [0, 0.05) is 75.2 Å². The van der Waals surface area contributed by atoms with Crippen molar-refractivity contribution in [3.05, 3.63) is 5.82 Å². The van der Waals surface area contributed by atoms with Crippen LogP contribution in [0.2, 0.25) is 0 Å². The molecular weight excluding hydrogens is 475 g/mol. The number of rotatable bonds is 3. The number of hydrogen-bond acceptors (Lipinski definition) is 6. The smallest absolute Gasteiger partial charge is 0.205 e. The van der Waals surface area contributed by atoms with E-state index in [1.54, 1.807) is 0 Å². The largest absolute Gasteiger partial charge is 0.377 e. The molecule has 3 atom stereocenters. The van der Waals surface area contributed by atoms with Crippen LogP contribution < -0.4 is 10.2 Å². The van der Waals surface area contributed by atoms with Gasteiger partial charge >= 0.3 is 0 Å². The quantitative estimate of drug-likeness (QED) is 0.386. The average Bonchev–Trinajstić information content (AvgIpc) is 3.31. The third-order valence-corrected chi connectivity index (χ3v) is 7.04. The predicted octanol–water partition coefficient (Wildman–Crippen LogP) is 2.23. The zero-order valence-corrected chi connectivity index (χ0v) is 19.8. The monoisotopic (exact) mass is 506 g/mol. The Morgan fingerprint density at radius 3 is 2.70 bits per heavy atom. The number of hydrogen-bond donors (Lipinski definition) is 1. The van der Waals surface area contributed by atoms with Crippen molar-refractivity contribution in [3.8, 4) is 0 Å². The summed E-state index contributed by atoms with van der Waals surface area (Å²) in [5, 5.41) is 4.81. The van der Waals surface area contributed by atoms with Gasteiger partial charge in [0.15, 0.2) is 5.96 Å². The molecule has 1 aromatic rings. The maximum atomic E-state index is 5.92. The molecule has 1 aliphatic carbocycles. The van der Waals surface area contributed by atoms with E-state index >= 15 is 0 Å². The van der Waals surface area contributed by atoms with Crippen LogP contribution in [0.25, 0.3) is 0 Å². The van der Waals surface area contributed by atoms with E-state index in [1.807, 2.05) is 7.05 Å². The number of nitrogens with one attached hydrogen (secondary N) is 1. The van der Waals surface area contributed by atoms with Crippen LogP contribution in [-0.2, 0) is 11.2 Å². The molecular formula is C18H31IN6OS. The maximum absolute atomic E-state index is 5.92. The number of aromatic nitrogens is 2. The number of anilines is 1. The minimum atomic E-state index is 0. The fourth-order valence-electron chi connectivity index (χ4n) is 4.68. The first kappa shape index (κ1) is 21.0. The highest BCUT2D eigenvalue weighted by Crippen LogP contribution is 2.52. The first-order chi connectivity index (χ1) is 12.5. The Morgan fingerprint density at radius 1 is 1.33 bits per heavy atom. The van der Waals surface area contributed by atoms with Gasteiger partial charge in [-0.05, 0) is 6.42 Å². The van der Waals surface area contributed by atoms with Gasteiger partial charge in [0.1, 0.15) is 5.82 Å². The summed E-state index contributed by atoms with van der Waals surface area (Å²) in [6, 6.07) is 0.446. The summed E-state index contributed by atoms with van der Waals surface area (Å²) in [6.45, 7) is 11.4. The molecule has 152 valence electrons. The summed E-state index contributed by atoms with van der Waals surface area (Å²) in [4.78, 5) is 13.9. The molecule has 0 spiro atoms. The molecule has 3 heterocycles. The first-order valence-corrected chi connectivity index (χ1v) is 10.5. The van der Waals surface area contributed by atoms with E-state index < -0.39 is 0 Å². The summed E-state index contributed by atoms with van der Waals surface area (Å²) < 4.78 is 10.3. The van der Waals surface area contributed by atoms with Crippen LogP contribution in [0.15, 0.2) is 4.99 Å². The summed E-state index contributed by atoms with van der Waals surface area (Å²) in [7, 11) is 1.89. The Labute approximate surface area is 183 Å². The molecule has 9 heteroatoms. The van der Waals surface area contributed by atoms with E-state index in [1.165, 1.54) is 11.5 Å². The SMILES string of the molecule is CCc1nsc(N2CCN(C(=NC)NC3C4CCOC4C3(C)C)CC2)n1.I. The van der Waals surface area contributed by atoms with Crippen LogP contribution in [0.4, 0.5) is 5.13 Å². The number of fused-ring (bicyclic) bond motifs is 1. The van der Waals surface area contributed by atoms with E-state index in [0.29, 0.717) is 18.1 Å². The predicted molar refractivity (Wildman–Crippen MR) is 120 cm³/mol. The Morgan fingerprint density at radius 2 is 2.07 bits per heavy atom. The molecule has 2 saturated heterocycles. The highest BCUT2D eigenvalue weighted by Gasteiger charge is 2.59. The molecule has 0 amide bonds. The zero-order chi connectivity index (χ0) is 18.3. The number of halogens is 1. The molecule has 3 unspecified atom stereocenters. The van der Waals surface area contributed by atoms with Crippen molar-refractivity contribution >= 4 is 46.6 Å². The molecule has 3 aliphatic rings. The van der Waals surface area contributed by atoms with Crippen LogP contribution >= 0.6 is 35.5 Å². The normalized spacial score (nSPS) is 29.8. The third kappa shape index (κ3) is 3.78. The van der Waals surface area contributed by atoms with Crippen LogP contribution in [0.3, 0.4) is 0 Å². The van der Waals surface area contributed by atoms with Crippen molar-refractivity contribution in [2.24, 2.45) is 16.3 Å². The van der Waals surface area contributed by atoms with Crippen molar-refractivity contribution in [1.82, 2.24) is 19.6 Å². The molecule has 0 aromatic carbocycles. The second kappa shape index (κ2) is 8.36. The van der Waals surface area contributed by atoms with Gasteiger partial charge in [-0.1, -0.05) is 20.8 Å². The molecule has 1 saturated carbocycles. The van der Waals surface area contributed by atoms with Gasteiger partial charge in [-0.15, -0.1) is 24.0 Å². The van der Waals surface area contributed by atoms with Gasteiger partial charge < -0.3 is 19.9 Å². The molecule has 1 aromatic heterocycles. The van der Waals surface area contributed by atoms with Gasteiger partial charge in [0.05, 0.1) is 6.10 Å². The maximum Gasteiger partial charge on any atom is 0.205 e. The van der Waals surface area contributed by atoms with Crippen molar-refractivity contribution < 1.29 is 4.74 Å². The van der Waals surface area contributed by atoms with Gasteiger partial charge in [0.2, 0.25) is 5.13 Å². The lowest BCUT2D eigenvalue weighted by molar-refractivity contribution is -0.107. The number of guanidine groups is 1. The molecule has 27 heavy (non-hydrogen) atoms. The van der Waals surface area contributed by atoms with Crippen LogP contribution in [0.1, 0.15) is 33.0 Å². The molecule has 0 bridgehead atoms. The van der Waals surface area contributed by atoms with Gasteiger partial charge in [-0.25, -0.2) is 4.98 Å². The Balaban J connectivity index is 0.00000210. The highest BCUT2D eigenvalue weighted by molar-refractivity contribution is 14.0. The van der Waals surface area contributed by atoms with E-state index in [2.05, 4.69) is 50.2 Å². The van der Waals surface area contributed by atoms with Crippen LogP contribution in [0.5, 0.6) is 0 Å². The minimum absolute atomic E-state index is 0. The molecule has 4 rings (SSSR count). The lowest BCUT2D eigenvalue weighted by atomic mass is 9.57. The topological polar surface area (TPSA) is 65.9 Å². The number of piperazine rings is 1. The highest BCUT2D eigenvalue weighted by atomic mass is 127. The number of aliphatic imine (C=N–C) groups is 1. The lowest BCUT2D eigenvalue weighted by Crippen LogP contribution is -2.68. The fraction of sp³-hybridized carbons (Fsp3) is 0.833. The van der Waals surface area contributed by atoms with Crippen molar-refractivity contribution in [2.75, 3.05) is 44.7 Å². The summed E-state index contributed by atoms with van der Waals surface area (Å²) >= 11 is 1.52. The van der Waals surface area contributed by atoms with Crippen molar-refractivity contribution in [3.63, 3.8) is 0 Å². The number of aryl methyl sites for hydroxylation is 1. The molecule has 3 fully saturated rings. The van der Waals surface area contributed by atoms with Gasteiger partial charge in [-0.2, -0.15) is 4.37 Å². The third-order valence-electron chi connectivity index (χ3n) is 6.22. The minimum Gasteiger partial charge on any atom is -0.377 e. The summed E-state index contributed by atoms with van der Waals surface area (Å²) in [6.07, 6.45) is 2.46. The zero-order valence-electron chi connectivity index (χ0n) is 16.6. The van der Waals surface area contributed by atoms with E-state index in [-0.39, 0.29) is 29.4 Å². The molecule has 0 radical (unpaired) electrons. The second-order valence-electron chi connectivity index (χ2n) is 8.06. The number of ether oxygens (including phenoxy) is 1. The van der Waals surface area contributed by atoms with Gasteiger partial charge in [0.25, 0.3) is 0 Å². The Bertz CT molecular complexity index is 673. The Hall–Kier alpha value is -0.680. The lowest BCUT2D eigenvalue weighted by Gasteiger charge is -2.55. The van der Waals surface area contributed by atoms with E-state index in [0.717, 1.165) is 62.5 Å². The van der Waals surface area contributed by atoms with Crippen molar-refractivity contribution in [1.29, 1.82) is 0 Å². The molecule has 1 N–H and O–H groups in total. The van der Waals surface area contributed by atoms with Gasteiger partial charge in [-0.3, -0.25) is 4.99 Å². The van der Waals surface area contributed by atoms with E-state index in [9.17, 15) is 0 Å². The number of nitrogens with zero attached hydrogens (tertiary/aromatic N) is 5. The van der Waals surface area contributed by atoms with Crippen molar-refractivity contribution in [2.45, 2.75) is 45.8 Å². The standard InChI is InChI=1S/C18H30N6OS.HI/c1-5-13-20-17(26-22-13)24-9-7-23(8-10-24)16(19-4)21-14-12-6-11-25-15(12)18(14,2)3;/h12,14-15H,5-11H2,1-4H3,(H,19,21);1H. The van der Waals surface area contributed by atoms with E-state index in [4.69, 9.17) is 4.74 Å². The molecule has 7 nitrogen and oxygen atoms in total. The average molecular weight is 506 g/mol.